The molecule has 0 rings (SSSR count). The average molecular weight is 133 g/mol. The zero-order valence-electron chi connectivity index (χ0n) is 4.75. The summed E-state index contributed by atoms with van der Waals surface area (Å²) >= 11 is 0. The Labute approximate surface area is 51.2 Å². The smallest absolute Gasteiger partial charge is 0.434 e. The number of ether oxygens (including phenoxy) is 2. The van der Waals surface area contributed by atoms with Gasteiger partial charge in [-0.3, -0.25) is 0 Å². The third kappa shape index (κ3) is 4.60. The Hall–Kier alpha value is -1.26. The van der Waals surface area contributed by atoms with E-state index in [2.05, 4.69) is 9.47 Å². The topological polar surface area (TPSA) is 75.7 Å². The molecule has 0 spiro atoms. The van der Waals surface area contributed by atoms with Gasteiger partial charge in [-0.05, 0) is 6.92 Å². The summed E-state index contributed by atoms with van der Waals surface area (Å²) in [6, 6.07) is 0. The number of rotatable bonds is 1. The van der Waals surface area contributed by atoms with Crippen molar-refractivity contribution in [2.75, 3.05) is 6.61 Å². The van der Waals surface area contributed by atoms with Crippen LogP contribution in [0, 0.1) is 0 Å². The molecule has 0 aliphatic heterocycles. The maximum atomic E-state index is 9.99. The highest BCUT2D eigenvalue weighted by Gasteiger charge is 1.96. The summed E-state index contributed by atoms with van der Waals surface area (Å²) in [7, 11) is 0. The molecule has 0 unspecified atom stereocenters. The molecule has 5 nitrogen and oxygen atoms in total. The van der Waals surface area contributed by atoms with Crippen LogP contribution in [0.2, 0.25) is 0 Å². The van der Waals surface area contributed by atoms with Crippen molar-refractivity contribution in [3.05, 3.63) is 0 Å². The molecule has 0 aromatic rings. The van der Waals surface area contributed by atoms with Crippen LogP contribution in [0.5, 0.6) is 0 Å². The van der Waals surface area contributed by atoms with E-state index in [1.807, 2.05) is 0 Å². The Morgan fingerprint density at radius 3 is 2.44 bits per heavy atom. The van der Waals surface area contributed by atoms with Gasteiger partial charge >= 0.3 is 6.16 Å². The van der Waals surface area contributed by atoms with E-state index < -0.39 is 12.3 Å². The zero-order valence-corrected chi connectivity index (χ0v) is 4.75. The largest absolute Gasteiger partial charge is 0.453 e. The van der Waals surface area contributed by atoms with Crippen molar-refractivity contribution in [2.45, 2.75) is 6.92 Å². The Morgan fingerprint density at radius 2 is 2.11 bits per heavy atom. The molecule has 0 aliphatic carbocycles. The van der Waals surface area contributed by atoms with Crippen LogP contribution in [0.15, 0.2) is 0 Å². The normalized spacial score (nSPS) is 8.11. The van der Waals surface area contributed by atoms with Crippen molar-refractivity contribution in [1.29, 1.82) is 0 Å². The molecule has 0 N–H and O–H groups in total. The van der Waals surface area contributed by atoms with Gasteiger partial charge < -0.3 is 19.4 Å². The first-order chi connectivity index (χ1) is 4.16. The first kappa shape index (κ1) is 7.74. The van der Waals surface area contributed by atoms with Gasteiger partial charge in [0.1, 0.15) is 0 Å². The van der Waals surface area contributed by atoms with Crippen molar-refractivity contribution in [3.63, 3.8) is 0 Å². The number of carbonyl (C=O) groups excluding carboxylic acids is 2. The molecule has 0 aromatic heterocycles. The van der Waals surface area contributed by atoms with Crippen LogP contribution >= 0.6 is 0 Å². The van der Waals surface area contributed by atoms with Gasteiger partial charge in [-0.1, -0.05) is 0 Å². The third-order valence-electron chi connectivity index (χ3n) is 0.429. The van der Waals surface area contributed by atoms with E-state index in [1.54, 1.807) is 0 Å². The number of hydrogen-bond acceptors (Lipinski definition) is 5. The molecule has 52 valence electrons. The number of hydrogen-bond donors (Lipinski definition) is 0. The van der Waals surface area contributed by atoms with Crippen molar-refractivity contribution in [3.8, 4) is 0 Å². The van der Waals surface area contributed by atoms with Gasteiger partial charge in [-0.25, -0.2) is 4.79 Å². The fourth-order valence-corrected chi connectivity index (χ4v) is 0.215. The molecule has 0 fully saturated rings. The summed E-state index contributed by atoms with van der Waals surface area (Å²) in [6.07, 6.45) is -3.16. The number of carboxylic acid groups (broad SMARTS) is 1. The van der Waals surface area contributed by atoms with E-state index in [9.17, 15) is 14.7 Å². The number of carbonyl (C=O) groups is 2. The lowest BCUT2D eigenvalue weighted by Crippen LogP contribution is -2.26. The minimum Gasteiger partial charge on any atom is -0.453 e. The lowest BCUT2D eigenvalue weighted by atomic mass is 10.9. The van der Waals surface area contributed by atoms with Crippen LogP contribution in [0.3, 0.4) is 0 Å². The average Bonchev–Trinajstić information content (AvgIpc) is 1.63. The summed E-state index contributed by atoms with van der Waals surface area (Å²) in [5.74, 6) is 0. The standard InChI is InChI=1S/C4H6O5/c1-2-8-4(7)9-3(5)6/h2H2,1H3,(H,5,6)/p-1. The van der Waals surface area contributed by atoms with Gasteiger partial charge in [-0.2, -0.15) is 0 Å². The Kier molecular flexibility index (Phi) is 3.19. The molecule has 0 saturated heterocycles. The molecule has 0 bridgehead atoms. The first-order valence-corrected chi connectivity index (χ1v) is 2.22. The van der Waals surface area contributed by atoms with Gasteiger partial charge in [-0.15, -0.1) is 0 Å². The third-order valence-corrected chi connectivity index (χ3v) is 0.429. The highest BCUT2D eigenvalue weighted by Crippen LogP contribution is 1.82. The summed E-state index contributed by atoms with van der Waals surface area (Å²) in [4.78, 5) is 19.4. The minimum atomic E-state index is -1.91. The van der Waals surface area contributed by atoms with E-state index in [-0.39, 0.29) is 6.61 Å². The molecule has 5 heteroatoms. The van der Waals surface area contributed by atoms with Crippen LogP contribution in [0.4, 0.5) is 9.59 Å². The van der Waals surface area contributed by atoms with E-state index >= 15 is 0 Å². The van der Waals surface area contributed by atoms with E-state index in [0.717, 1.165) is 0 Å². The summed E-state index contributed by atoms with van der Waals surface area (Å²) in [5.41, 5.74) is 0. The van der Waals surface area contributed by atoms with E-state index in [0.29, 0.717) is 0 Å². The maximum absolute atomic E-state index is 9.99. The van der Waals surface area contributed by atoms with Crippen LogP contribution < -0.4 is 5.11 Å². The van der Waals surface area contributed by atoms with Crippen molar-refractivity contribution < 1.29 is 24.2 Å². The Bertz CT molecular complexity index is 118. The predicted molar refractivity (Wildman–Crippen MR) is 23.5 cm³/mol. The lowest BCUT2D eigenvalue weighted by Gasteiger charge is -2.04. The van der Waals surface area contributed by atoms with Gasteiger partial charge in [0.25, 0.3) is 6.16 Å². The van der Waals surface area contributed by atoms with Gasteiger partial charge in [0.15, 0.2) is 0 Å². The first-order valence-electron chi connectivity index (χ1n) is 2.22. The molecular weight excluding hydrogens is 128 g/mol. The molecule has 9 heavy (non-hydrogen) atoms. The second-order valence-corrected chi connectivity index (χ2v) is 1.04. The van der Waals surface area contributed by atoms with Crippen molar-refractivity contribution in [1.82, 2.24) is 0 Å². The van der Waals surface area contributed by atoms with E-state index in [4.69, 9.17) is 0 Å². The van der Waals surface area contributed by atoms with Gasteiger partial charge in [0.05, 0.1) is 6.61 Å². The monoisotopic (exact) mass is 133 g/mol. The van der Waals surface area contributed by atoms with Crippen LogP contribution in [-0.2, 0) is 9.47 Å². The quantitative estimate of drug-likeness (QED) is 0.356. The molecule has 0 saturated carbocycles. The Balaban J connectivity index is 3.39. The molecule has 0 aromatic carbocycles. The van der Waals surface area contributed by atoms with Crippen LogP contribution in [0.1, 0.15) is 6.92 Å². The molecule has 0 amide bonds. The summed E-state index contributed by atoms with van der Waals surface area (Å²) in [5, 5.41) is 9.45. The minimum absolute atomic E-state index is 0.0755. The SMILES string of the molecule is CCOC(=O)OC(=O)[O-]. The fraction of sp³-hybridized carbons (Fsp3) is 0.500. The molecule has 0 radical (unpaired) electrons. The molecule has 0 atom stereocenters. The molecular formula is C4H5O5-. The second-order valence-electron chi connectivity index (χ2n) is 1.04. The summed E-state index contributed by atoms with van der Waals surface area (Å²) in [6.45, 7) is 1.60. The lowest BCUT2D eigenvalue weighted by molar-refractivity contribution is -0.276. The van der Waals surface area contributed by atoms with Gasteiger partial charge in [0, 0.05) is 0 Å². The molecule has 0 aliphatic rings. The maximum Gasteiger partial charge on any atom is 0.434 e. The highest BCUT2D eigenvalue weighted by molar-refractivity contribution is 5.74. The highest BCUT2D eigenvalue weighted by atomic mass is 16.8. The van der Waals surface area contributed by atoms with E-state index in [1.165, 1.54) is 6.92 Å². The zero-order chi connectivity index (χ0) is 7.28. The van der Waals surface area contributed by atoms with Crippen LogP contribution in [-0.4, -0.2) is 18.9 Å². The Morgan fingerprint density at radius 1 is 1.56 bits per heavy atom. The fourth-order valence-electron chi connectivity index (χ4n) is 0.215. The second kappa shape index (κ2) is 3.71. The molecule has 0 heterocycles. The van der Waals surface area contributed by atoms with Crippen molar-refractivity contribution in [2.24, 2.45) is 0 Å². The predicted octanol–water partition coefficient (Wildman–Crippen LogP) is -0.497. The van der Waals surface area contributed by atoms with Crippen LogP contribution in [0.25, 0.3) is 0 Å². The van der Waals surface area contributed by atoms with Crippen molar-refractivity contribution >= 4 is 12.3 Å². The van der Waals surface area contributed by atoms with Gasteiger partial charge in [0.2, 0.25) is 0 Å². The summed E-state index contributed by atoms with van der Waals surface area (Å²) < 4.78 is 7.51.